The zero-order valence-electron chi connectivity index (χ0n) is 20.2. The lowest BCUT2D eigenvalue weighted by atomic mass is 9.81. The van der Waals surface area contributed by atoms with Gasteiger partial charge in [0, 0.05) is 35.1 Å². The number of ketones is 2. The number of hydrogen-bond donors (Lipinski definition) is 4. The van der Waals surface area contributed by atoms with Crippen LogP contribution in [0.1, 0.15) is 57.5 Å². The summed E-state index contributed by atoms with van der Waals surface area (Å²) in [6, 6.07) is 7.69. The van der Waals surface area contributed by atoms with E-state index in [0.717, 1.165) is 12.1 Å². The number of rotatable bonds is 10. The molecule has 3 aromatic carbocycles. The molecule has 0 amide bonds. The molecule has 0 heterocycles. The topological polar surface area (TPSA) is 183 Å². The van der Waals surface area contributed by atoms with Crippen molar-refractivity contribution >= 4 is 42.0 Å². The Morgan fingerprint density at radius 3 is 1.32 bits per heavy atom. The summed E-state index contributed by atoms with van der Waals surface area (Å²) in [7, 11) is -8.59. The van der Waals surface area contributed by atoms with Gasteiger partial charge in [-0.25, -0.2) is 16.8 Å². The maximum Gasteiger partial charge on any atom is 0.198 e. The van der Waals surface area contributed by atoms with Gasteiger partial charge >= 0.3 is 0 Å². The van der Waals surface area contributed by atoms with Crippen molar-refractivity contribution < 1.29 is 46.9 Å². The second-order valence-electron chi connectivity index (χ2n) is 8.99. The van der Waals surface area contributed by atoms with Gasteiger partial charge in [0.2, 0.25) is 0 Å². The molecular formula is C26H26O10S2. The number of aliphatic hydroxyl groups is 2. The molecule has 0 spiro atoms. The minimum atomic E-state index is -4.30. The van der Waals surface area contributed by atoms with Gasteiger partial charge in [0.15, 0.2) is 31.2 Å². The first-order valence-electron chi connectivity index (χ1n) is 11.9. The van der Waals surface area contributed by atoms with Crippen LogP contribution in [0, 0.1) is 0 Å². The third kappa shape index (κ3) is 4.68. The Kier molecular flexibility index (Phi) is 7.62. The van der Waals surface area contributed by atoms with Crippen LogP contribution in [0.3, 0.4) is 0 Å². The highest BCUT2D eigenvalue weighted by atomic mass is 32.2. The summed E-state index contributed by atoms with van der Waals surface area (Å²) in [5.74, 6) is -4.04. The minimum absolute atomic E-state index is 0.0241. The fraction of sp³-hybridized carbons (Fsp3) is 0.308. The Morgan fingerprint density at radius 1 is 0.605 bits per heavy atom. The molecule has 10 nitrogen and oxygen atoms in total. The summed E-state index contributed by atoms with van der Waals surface area (Å²) in [5.41, 5.74) is -1.83. The van der Waals surface area contributed by atoms with E-state index in [-0.39, 0.29) is 49.7 Å². The summed E-state index contributed by atoms with van der Waals surface area (Å²) >= 11 is 0. The number of unbranched alkanes of at least 4 members (excludes halogenated alkanes) is 2. The second-order valence-corrected chi connectivity index (χ2v) is 13.1. The maximum absolute atomic E-state index is 13.6. The summed E-state index contributed by atoms with van der Waals surface area (Å²) < 4.78 is 53.0. The number of fused-ring (bicyclic) bond motifs is 3. The van der Waals surface area contributed by atoms with Gasteiger partial charge in [-0.3, -0.25) is 9.59 Å². The van der Waals surface area contributed by atoms with E-state index in [1.807, 2.05) is 0 Å². The van der Waals surface area contributed by atoms with Crippen molar-refractivity contribution in [1.29, 1.82) is 0 Å². The Bertz CT molecular complexity index is 1550. The molecule has 0 aliphatic heterocycles. The zero-order valence-corrected chi connectivity index (χ0v) is 21.8. The number of phenolic OH excluding ortho intramolecular Hbond substituents is 2. The predicted molar refractivity (Wildman–Crippen MR) is 137 cm³/mol. The van der Waals surface area contributed by atoms with E-state index < -0.39 is 86.3 Å². The van der Waals surface area contributed by atoms with Gasteiger partial charge in [-0.1, -0.05) is 24.3 Å². The molecule has 202 valence electrons. The van der Waals surface area contributed by atoms with Crippen LogP contribution >= 0.6 is 0 Å². The quantitative estimate of drug-likeness (QED) is 0.165. The van der Waals surface area contributed by atoms with Crippen molar-refractivity contribution in [2.75, 3.05) is 24.7 Å². The lowest BCUT2D eigenvalue weighted by Gasteiger charge is -2.23. The standard InChI is InChI=1S/C26H26O10S2/c27-9-3-5-11-37(33,34)19-13-17-18(14-20(19)38(35,36)12-6-4-10-28)26(32)22-21(25(17)31)23(29)15-7-1-2-8-16(15)24(22)30/h1-2,7-8,13-14,27-30H,3-6,9-12H2. The molecule has 0 aromatic heterocycles. The molecular weight excluding hydrogens is 536 g/mol. The maximum atomic E-state index is 13.6. The van der Waals surface area contributed by atoms with Crippen LogP contribution in [-0.2, 0) is 19.7 Å². The first-order chi connectivity index (χ1) is 18.0. The van der Waals surface area contributed by atoms with E-state index in [0.29, 0.717) is 0 Å². The largest absolute Gasteiger partial charge is 0.506 e. The Hall–Kier alpha value is -3.32. The average Bonchev–Trinajstić information content (AvgIpc) is 2.88. The number of carbonyl (C=O) groups excluding carboxylic acids is 2. The molecule has 0 fully saturated rings. The molecule has 4 rings (SSSR count). The highest BCUT2D eigenvalue weighted by Gasteiger charge is 2.39. The average molecular weight is 563 g/mol. The predicted octanol–water partition coefficient (Wildman–Crippen LogP) is 2.12. The van der Waals surface area contributed by atoms with E-state index in [4.69, 9.17) is 10.2 Å². The van der Waals surface area contributed by atoms with E-state index in [9.17, 15) is 36.6 Å². The van der Waals surface area contributed by atoms with Crippen LogP contribution in [0.15, 0.2) is 46.2 Å². The van der Waals surface area contributed by atoms with E-state index >= 15 is 0 Å². The number of aromatic hydroxyl groups is 2. The second kappa shape index (κ2) is 10.4. The van der Waals surface area contributed by atoms with Crippen molar-refractivity contribution in [3.63, 3.8) is 0 Å². The minimum Gasteiger partial charge on any atom is -0.506 e. The van der Waals surface area contributed by atoms with Crippen molar-refractivity contribution in [2.24, 2.45) is 0 Å². The number of benzene rings is 3. The number of phenols is 2. The van der Waals surface area contributed by atoms with Crippen LogP contribution in [0.25, 0.3) is 10.8 Å². The van der Waals surface area contributed by atoms with Crippen molar-refractivity contribution in [2.45, 2.75) is 35.5 Å². The Morgan fingerprint density at radius 2 is 0.974 bits per heavy atom. The smallest absolute Gasteiger partial charge is 0.198 e. The Labute approximate surface area is 219 Å². The summed E-state index contributed by atoms with van der Waals surface area (Å²) in [6.07, 6.45) is 0.341. The van der Waals surface area contributed by atoms with Crippen LogP contribution in [-0.4, -0.2) is 73.5 Å². The number of hydrogen-bond acceptors (Lipinski definition) is 10. The lowest BCUT2D eigenvalue weighted by molar-refractivity contribution is 0.0974. The van der Waals surface area contributed by atoms with Crippen molar-refractivity contribution in [3.05, 3.63) is 58.7 Å². The van der Waals surface area contributed by atoms with Gasteiger partial charge in [0.1, 0.15) is 11.5 Å². The molecule has 0 radical (unpaired) electrons. The number of aliphatic hydroxyl groups excluding tert-OH is 2. The van der Waals surface area contributed by atoms with Crippen molar-refractivity contribution in [1.82, 2.24) is 0 Å². The normalized spacial score (nSPS) is 13.5. The Balaban J connectivity index is 1.99. The monoisotopic (exact) mass is 562 g/mol. The van der Waals surface area contributed by atoms with Gasteiger partial charge in [-0.15, -0.1) is 0 Å². The summed E-state index contributed by atoms with van der Waals surface area (Å²) in [5, 5.41) is 40.0. The summed E-state index contributed by atoms with van der Waals surface area (Å²) in [6.45, 7) is -0.543. The van der Waals surface area contributed by atoms with Crippen LogP contribution < -0.4 is 0 Å². The van der Waals surface area contributed by atoms with Gasteiger partial charge in [0.25, 0.3) is 0 Å². The van der Waals surface area contributed by atoms with Gasteiger partial charge in [0.05, 0.1) is 32.4 Å². The van der Waals surface area contributed by atoms with E-state index in [2.05, 4.69) is 0 Å². The molecule has 0 atom stereocenters. The molecule has 1 aliphatic carbocycles. The number of carbonyl (C=O) groups is 2. The highest BCUT2D eigenvalue weighted by molar-refractivity contribution is 7.94. The molecule has 0 bridgehead atoms. The van der Waals surface area contributed by atoms with E-state index in [1.54, 1.807) is 12.1 Å². The van der Waals surface area contributed by atoms with Gasteiger partial charge < -0.3 is 20.4 Å². The first-order valence-corrected chi connectivity index (χ1v) is 15.2. The van der Waals surface area contributed by atoms with Crippen LogP contribution in [0.2, 0.25) is 0 Å². The molecule has 0 unspecified atom stereocenters. The third-order valence-corrected chi connectivity index (χ3v) is 10.3. The molecule has 4 N–H and O–H groups in total. The fourth-order valence-electron chi connectivity index (χ4n) is 4.56. The molecule has 12 heteroatoms. The summed E-state index contributed by atoms with van der Waals surface area (Å²) in [4.78, 5) is 25.8. The lowest BCUT2D eigenvalue weighted by Crippen LogP contribution is -2.24. The van der Waals surface area contributed by atoms with Crippen molar-refractivity contribution in [3.8, 4) is 11.5 Å². The van der Waals surface area contributed by atoms with Gasteiger partial charge in [-0.05, 0) is 37.8 Å². The number of sulfone groups is 2. The SMILES string of the molecule is O=C1c2cc(S(=O)(=O)CCCCO)c(S(=O)(=O)CCCCO)cc2C(=O)c2c1c(O)c1ccccc1c2O. The third-order valence-electron chi connectivity index (χ3n) is 6.50. The first kappa shape index (κ1) is 27.7. The molecule has 3 aromatic rings. The fourth-order valence-corrected chi connectivity index (χ4v) is 8.26. The molecule has 0 saturated carbocycles. The highest BCUT2D eigenvalue weighted by Crippen LogP contribution is 2.45. The zero-order chi connectivity index (χ0) is 27.8. The van der Waals surface area contributed by atoms with Crippen LogP contribution in [0.5, 0.6) is 11.5 Å². The molecule has 0 saturated heterocycles. The molecule has 1 aliphatic rings. The van der Waals surface area contributed by atoms with Gasteiger partial charge in [-0.2, -0.15) is 0 Å². The van der Waals surface area contributed by atoms with Crippen LogP contribution in [0.4, 0.5) is 0 Å². The van der Waals surface area contributed by atoms with E-state index in [1.165, 1.54) is 12.1 Å². The molecule has 38 heavy (non-hydrogen) atoms.